The predicted molar refractivity (Wildman–Crippen MR) is 212 cm³/mol. The molecular weight excluding hydrogens is 677 g/mol. The van der Waals surface area contributed by atoms with Crippen LogP contribution in [0.25, 0.3) is 21.5 Å². The molecule has 4 heterocycles. The van der Waals surface area contributed by atoms with Crippen LogP contribution in [0, 0.1) is 0 Å². The highest BCUT2D eigenvalue weighted by atomic mass is 16.5. The van der Waals surface area contributed by atoms with Crippen molar-refractivity contribution < 1.29 is 19.1 Å². The summed E-state index contributed by atoms with van der Waals surface area (Å²) in [6.07, 6.45) is 1.36. The van der Waals surface area contributed by atoms with Crippen molar-refractivity contribution in [3.05, 3.63) is 143 Å². The van der Waals surface area contributed by atoms with E-state index in [4.69, 9.17) is 20.9 Å². The summed E-state index contributed by atoms with van der Waals surface area (Å²) in [5.74, 6) is 1.59. The zero-order valence-corrected chi connectivity index (χ0v) is 30.2. The van der Waals surface area contributed by atoms with E-state index in [0.717, 1.165) is 92.6 Å². The number of nitrogens with zero attached hydrogens (tertiary/aromatic N) is 2. The van der Waals surface area contributed by atoms with Crippen LogP contribution >= 0.6 is 0 Å². The molecule has 272 valence electrons. The number of carbonyl (C=O) groups excluding carboxylic acids is 2. The van der Waals surface area contributed by atoms with Gasteiger partial charge >= 0.3 is 0 Å². The Labute approximate surface area is 313 Å². The molecule has 54 heavy (non-hydrogen) atoms. The second-order valence-corrected chi connectivity index (χ2v) is 14.4. The van der Waals surface area contributed by atoms with Crippen LogP contribution < -0.4 is 41.4 Å². The first-order chi connectivity index (χ1) is 26.3. The molecule has 4 aliphatic heterocycles. The molecule has 0 saturated carbocycles. The number of rotatable bonds is 4. The first-order valence-corrected chi connectivity index (χ1v) is 18.4. The number of para-hydroxylation sites is 2. The molecule has 0 spiro atoms. The molecule has 0 aromatic heterocycles. The van der Waals surface area contributed by atoms with Gasteiger partial charge in [-0.3, -0.25) is 9.59 Å². The summed E-state index contributed by atoms with van der Waals surface area (Å²) in [6.45, 7) is 1.63. The Morgan fingerprint density at radius 2 is 0.963 bits per heavy atom. The maximum absolute atomic E-state index is 12.8. The van der Waals surface area contributed by atoms with Gasteiger partial charge in [0.1, 0.15) is 23.8 Å². The predicted octanol–water partition coefficient (Wildman–Crippen LogP) is 7.00. The standard InChI is InChI=1S/2C22H21N3O2/c2*1-27-16-8-7-13-11-15(6-5-14(13)12-16)21-24-22(26)18-4-2-3-17-19(23)9-10-25(21)20(17)18/h2*2-8,11-12,19,21H,9-10,23H2,1H3,(H,24,26)/t2*19-,21+/m10/s1. The van der Waals surface area contributed by atoms with Crippen molar-refractivity contribution in [3.63, 3.8) is 0 Å². The molecule has 0 fully saturated rings. The number of hydrogen-bond donors (Lipinski definition) is 4. The third-order valence-electron chi connectivity index (χ3n) is 11.3. The van der Waals surface area contributed by atoms with Gasteiger partial charge in [0.05, 0.1) is 36.7 Å². The second kappa shape index (κ2) is 13.4. The average Bonchev–Trinajstić information content (AvgIpc) is 3.21. The van der Waals surface area contributed by atoms with Crippen molar-refractivity contribution in [2.24, 2.45) is 11.5 Å². The first kappa shape index (κ1) is 33.7. The van der Waals surface area contributed by atoms with E-state index >= 15 is 0 Å². The quantitative estimate of drug-likeness (QED) is 0.153. The minimum Gasteiger partial charge on any atom is -0.497 e. The number of anilines is 2. The summed E-state index contributed by atoms with van der Waals surface area (Å²) >= 11 is 0. The van der Waals surface area contributed by atoms with E-state index in [0.29, 0.717) is 11.1 Å². The summed E-state index contributed by atoms with van der Waals surface area (Å²) in [7, 11) is 3.34. The Morgan fingerprint density at radius 1 is 0.556 bits per heavy atom. The van der Waals surface area contributed by atoms with Crippen molar-refractivity contribution in [2.75, 3.05) is 37.1 Å². The highest BCUT2D eigenvalue weighted by Gasteiger charge is 2.38. The van der Waals surface area contributed by atoms with E-state index in [2.05, 4.69) is 56.8 Å². The number of ether oxygens (including phenoxy) is 2. The minimum absolute atomic E-state index is 0.0215. The highest BCUT2D eigenvalue weighted by molar-refractivity contribution is 6.04. The SMILES string of the molecule is COc1ccc2cc([C@@H]3NC(=O)c4cccc5c4N3CC[C@@H]5N)ccc2c1.COc1ccc2cc([C@H]3NC(=O)c4cccc5c4N3CC[C@H]5N)ccc2c1. The first-order valence-electron chi connectivity index (χ1n) is 18.4. The van der Waals surface area contributed by atoms with Gasteiger partial charge in [-0.25, -0.2) is 0 Å². The summed E-state index contributed by atoms with van der Waals surface area (Å²) in [4.78, 5) is 30.1. The molecule has 0 saturated heterocycles. The van der Waals surface area contributed by atoms with E-state index in [-0.39, 0.29) is 36.2 Å². The number of amides is 2. The highest BCUT2D eigenvalue weighted by Crippen LogP contribution is 2.44. The van der Waals surface area contributed by atoms with Gasteiger partial charge in [0.25, 0.3) is 11.8 Å². The van der Waals surface area contributed by atoms with Crippen molar-refractivity contribution in [1.29, 1.82) is 0 Å². The van der Waals surface area contributed by atoms with Crippen molar-refractivity contribution in [1.82, 2.24) is 10.6 Å². The maximum atomic E-state index is 12.8. The minimum atomic E-state index is -0.190. The average molecular weight is 719 g/mol. The zero-order chi connectivity index (χ0) is 37.1. The lowest BCUT2D eigenvalue weighted by Crippen LogP contribution is -2.49. The molecule has 10 rings (SSSR count). The number of carbonyl (C=O) groups is 2. The van der Waals surface area contributed by atoms with Crippen LogP contribution in [0.15, 0.2) is 109 Å². The van der Waals surface area contributed by atoms with Crippen molar-refractivity contribution >= 4 is 44.7 Å². The number of methoxy groups -OCH3 is 2. The Balaban J connectivity index is 0.000000142. The van der Waals surface area contributed by atoms with Crippen LogP contribution in [0.4, 0.5) is 11.4 Å². The fraction of sp³-hybridized carbons (Fsp3) is 0.227. The molecular formula is C44H42N6O4. The molecule has 4 aliphatic rings. The maximum Gasteiger partial charge on any atom is 0.255 e. The van der Waals surface area contributed by atoms with Crippen LogP contribution in [0.1, 0.15) is 80.2 Å². The van der Waals surface area contributed by atoms with E-state index in [9.17, 15) is 9.59 Å². The number of fused-ring (bicyclic) bond motifs is 2. The van der Waals surface area contributed by atoms with Gasteiger partial charge in [-0.1, -0.05) is 60.7 Å². The molecule has 0 unspecified atom stereocenters. The number of nitrogens with one attached hydrogen (secondary N) is 2. The lowest BCUT2D eigenvalue weighted by Gasteiger charge is -2.44. The molecule has 0 aliphatic carbocycles. The van der Waals surface area contributed by atoms with Crippen LogP contribution in [-0.2, 0) is 0 Å². The van der Waals surface area contributed by atoms with Crippen LogP contribution in [0.2, 0.25) is 0 Å². The van der Waals surface area contributed by atoms with Crippen LogP contribution in [0.3, 0.4) is 0 Å². The van der Waals surface area contributed by atoms with E-state index in [1.807, 2.05) is 72.8 Å². The molecule has 4 atom stereocenters. The Kier molecular flexibility index (Phi) is 8.36. The van der Waals surface area contributed by atoms with Crippen LogP contribution in [0.5, 0.6) is 11.5 Å². The van der Waals surface area contributed by atoms with E-state index in [1.54, 1.807) is 14.2 Å². The molecule has 0 radical (unpaired) electrons. The zero-order valence-electron chi connectivity index (χ0n) is 30.2. The number of benzene rings is 6. The van der Waals surface area contributed by atoms with Gasteiger partial charge in [-0.2, -0.15) is 0 Å². The molecule has 10 heteroatoms. The fourth-order valence-electron chi connectivity index (χ4n) is 8.50. The van der Waals surface area contributed by atoms with E-state index < -0.39 is 0 Å². The lowest BCUT2D eigenvalue weighted by atomic mass is 9.90. The summed E-state index contributed by atoms with van der Waals surface area (Å²) in [6, 6.07) is 36.3. The normalized spacial score (nSPS) is 21.0. The van der Waals surface area contributed by atoms with Gasteiger partial charge in [-0.15, -0.1) is 0 Å². The summed E-state index contributed by atoms with van der Waals surface area (Å²) in [5, 5.41) is 10.8. The smallest absolute Gasteiger partial charge is 0.255 e. The van der Waals surface area contributed by atoms with Crippen LogP contribution in [-0.4, -0.2) is 39.1 Å². The monoisotopic (exact) mass is 718 g/mol. The molecule has 2 amide bonds. The number of hydrogen-bond acceptors (Lipinski definition) is 8. The Hall–Kier alpha value is -6.10. The van der Waals surface area contributed by atoms with Gasteiger partial charge in [0, 0.05) is 25.2 Å². The molecule has 6 aromatic carbocycles. The van der Waals surface area contributed by atoms with Gasteiger partial charge < -0.3 is 41.4 Å². The second-order valence-electron chi connectivity index (χ2n) is 14.4. The largest absolute Gasteiger partial charge is 0.497 e. The topological polar surface area (TPSA) is 135 Å². The summed E-state index contributed by atoms with van der Waals surface area (Å²) in [5.41, 5.74) is 20.3. The fourth-order valence-corrected chi connectivity index (χ4v) is 8.50. The van der Waals surface area contributed by atoms with Gasteiger partial charge in [-0.05, 0) is 105 Å². The molecule has 6 aromatic rings. The van der Waals surface area contributed by atoms with Crippen molar-refractivity contribution in [3.8, 4) is 11.5 Å². The molecule has 10 nitrogen and oxygen atoms in total. The number of nitrogens with two attached hydrogens (primary N) is 2. The molecule has 6 N–H and O–H groups in total. The molecule has 0 bridgehead atoms. The lowest BCUT2D eigenvalue weighted by molar-refractivity contribution is 0.0916. The Morgan fingerprint density at radius 3 is 1.39 bits per heavy atom. The Bertz CT molecular complexity index is 2300. The van der Waals surface area contributed by atoms with Gasteiger partial charge in [0.2, 0.25) is 0 Å². The van der Waals surface area contributed by atoms with Crippen molar-refractivity contribution in [2.45, 2.75) is 37.3 Å². The summed E-state index contributed by atoms with van der Waals surface area (Å²) < 4.78 is 10.6. The third-order valence-corrected chi connectivity index (χ3v) is 11.3. The van der Waals surface area contributed by atoms with E-state index in [1.165, 1.54) is 0 Å². The van der Waals surface area contributed by atoms with Gasteiger partial charge in [0.15, 0.2) is 0 Å². The third kappa shape index (κ3) is 5.66.